The Morgan fingerprint density at radius 2 is 1.77 bits per heavy atom. The van der Waals surface area contributed by atoms with E-state index in [1.54, 1.807) is 0 Å². The van der Waals surface area contributed by atoms with E-state index in [-0.39, 0.29) is 0 Å². The third-order valence-corrected chi connectivity index (χ3v) is 2.17. The first-order chi connectivity index (χ1) is 5.90. The summed E-state index contributed by atoms with van der Waals surface area (Å²) in [6, 6.07) is 0. The molecule has 5 N–H and O–H groups in total. The maximum atomic E-state index is 9.47. The van der Waals surface area contributed by atoms with Gasteiger partial charge in [0, 0.05) is 0 Å². The Bertz CT molecular complexity index is 182. The van der Waals surface area contributed by atoms with E-state index >= 15 is 0 Å². The van der Waals surface area contributed by atoms with Crippen molar-refractivity contribution in [2.45, 2.75) is 37.1 Å². The molecule has 0 aromatic heterocycles. The lowest BCUT2D eigenvalue weighted by atomic mass is 9.95. The number of aliphatic hydroxyl groups excluding tert-OH is 4. The van der Waals surface area contributed by atoms with E-state index in [0.717, 1.165) is 0 Å². The number of rotatable bonds is 2. The molecule has 6 nitrogen and oxygen atoms in total. The van der Waals surface area contributed by atoms with Crippen molar-refractivity contribution in [1.82, 2.24) is 0 Å². The van der Waals surface area contributed by atoms with E-state index in [1.807, 2.05) is 0 Å². The van der Waals surface area contributed by atoms with Crippen LogP contribution in [0.25, 0.3) is 0 Å². The van der Waals surface area contributed by atoms with E-state index in [4.69, 9.17) is 15.3 Å². The van der Waals surface area contributed by atoms with Crippen LogP contribution in [0.5, 0.6) is 0 Å². The molecule has 0 spiro atoms. The fraction of sp³-hybridized carbons (Fsp3) is 1.00. The van der Waals surface area contributed by atoms with Gasteiger partial charge in [-0.2, -0.15) is 0 Å². The molecule has 0 saturated carbocycles. The van der Waals surface area contributed by atoms with E-state index in [2.05, 4.69) is 4.74 Å². The van der Waals surface area contributed by atoms with Gasteiger partial charge in [0.05, 0.1) is 6.61 Å². The minimum Gasteiger partial charge on any atom is -0.393 e. The van der Waals surface area contributed by atoms with Gasteiger partial charge in [0.1, 0.15) is 23.9 Å². The number of hydrogen-bond acceptors (Lipinski definition) is 6. The molecule has 1 aliphatic heterocycles. The van der Waals surface area contributed by atoms with Gasteiger partial charge in [0.25, 0.3) is 0 Å². The van der Waals surface area contributed by atoms with Gasteiger partial charge >= 0.3 is 0 Å². The zero-order valence-corrected chi connectivity index (χ0v) is 7.16. The van der Waals surface area contributed by atoms with Crippen LogP contribution in [0.15, 0.2) is 0 Å². The Kier molecular flexibility index (Phi) is 2.91. The molecule has 1 rings (SSSR count). The smallest absolute Gasteiger partial charge is 0.184 e. The van der Waals surface area contributed by atoms with Gasteiger partial charge in [0.2, 0.25) is 0 Å². The van der Waals surface area contributed by atoms with Crippen LogP contribution in [0.4, 0.5) is 0 Å². The van der Waals surface area contributed by atoms with Gasteiger partial charge in [0.15, 0.2) is 6.29 Å². The van der Waals surface area contributed by atoms with Gasteiger partial charge in [-0.05, 0) is 6.92 Å². The summed E-state index contributed by atoms with van der Waals surface area (Å²) in [5.74, 6) is 0. The molecule has 0 bridgehead atoms. The molecule has 1 aliphatic rings. The second-order valence-corrected chi connectivity index (χ2v) is 3.44. The molecule has 0 aromatic carbocycles. The van der Waals surface area contributed by atoms with Crippen LogP contribution in [0.1, 0.15) is 6.92 Å². The van der Waals surface area contributed by atoms with Gasteiger partial charge in [-0.25, -0.2) is 0 Å². The fourth-order valence-corrected chi connectivity index (χ4v) is 1.26. The quantitative estimate of drug-likeness (QED) is 0.324. The molecular formula is C7H14O6. The average molecular weight is 194 g/mol. The molecule has 1 fully saturated rings. The average Bonchev–Trinajstić information content (AvgIpc) is 2.33. The highest BCUT2D eigenvalue weighted by Crippen LogP contribution is 2.27. The second-order valence-electron chi connectivity index (χ2n) is 3.44. The van der Waals surface area contributed by atoms with Crippen LogP contribution in [0.3, 0.4) is 0 Å². The third kappa shape index (κ3) is 1.83. The predicted octanol–water partition coefficient (Wildman–Crippen LogP) is -2.83. The Labute approximate surface area is 75.0 Å². The highest BCUT2D eigenvalue weighted by Gasteiger charge is 2.50. The number of hydrogen-bond donors (Lipinski definition) is 5. The van der Waals surface area contributed by atoms with Gasteiger partial charge in [-0.1, -0.05) is 0 Å². The summed E-state index contributed by atoms with van der Waals surface area (Å²) in [7, 11) is 0. The summed E-state index contributed by atoms with van der Waals surface area (Å²) in [5.41, 5.74) is -1.68. The highest BCUT2D eigenvalue weighted by molar-refractivity contribution is 4.96. The van der Waals surface area contributed by atoms with E-state index in [1.165, 1.54) is 6.92 Å². The summed E-state index contributed by atoms with van der Waals surface area (Å²) in [6.45, 7) is 0.611. The van der Waals surface area contributed by atoms with E-state index in [9.17, 15) is 10.2 Å². The van der Waals surface area contributed by atoms with Gasteiger partial charge in [-0.15, -0.1) is 0 Å². The van der Waals surface area contributed by atoms with Crippen molar-refractivity contribution in [2.24, 2.45) is 0 Å². The summed E-state index contributed by atoms with van der Waals surface area (Å²) >= 11 is 0. The van der Waals surface area contributed by atoms with Crippen molar-refractivity contribution in [2.75, 3.05) is 6.61 Å². The van der Waals surface area contributed by atoms with Crippen LogP contribution in [0.2, 0.25) is 0 Å². The zero-order chi connectivity index (χ0) is 10.2. The standard InChI is InChI=1S/C7H14O6/c1-7(12,2-8)5-3(9)4(10)6(11)13-5/h3-6,8-12H,2H2,1H3/t3-,4-,5+,6-,7+/m1/s1. The topological polar surface area (TPSA) is 110 Å². The lowest BCUT2D eigenvalue weighted by Gasteiger charge is -2.29. The maximum absolute atomic E-state index is 9.47. The summed E-state index contributed by atoms with van der Waals surface area (Å²) in [6.07, 6.45) is -5.58. The van der Waals surface area contributed by atoms with Crippen LogP contribution < -0.4 is 0 Å². The first kappa shape index (κ1) is 10.8. The minimum atomic E-state index is -1.68. The molecule has 1 saturated heterocycles. The Hall–Kier alpha value is -0.240. The lowest BCUT2D eigenvalue weighted by Crippen LogP contribution is -2.49. The Morgan fingerprint density at radius 3 is 2.08 bits per heavy atom. The SMILES string of the molecule is C[C@](O)(CO)[C@H]1O[C@@H](O)[C@H](O)[C@H]1O. The van der Waals surface area contributed by atoms with Gasteiger partial charge in [-0.3, -0.25) is 0 Å². The molecule has 5 atom stereocenters. The number of ether oxygens (including phenoxy) is 1. The molecular weight excluding hydrogens is 180 g/mol. The molecule has 1 heterocycles. The molecule has 6 heteroatoms. The largest absolute Gasteiger partial charge is 0.393 e. The molecule has 0 amide bonds. The summed E-state index contributed by atoms with van der Waals surface area (Å²) < 4.78 is 4.69. The Balaban J connectivity index is 2.73. The minimum absolute atomic E-state index is 0.631. The molecule has 13 heavy (non-hydrogen) atoms. The van der Waals surface area contributed by atoms with Crippen LogP contribution in [0, 0.1) is 0 Å². The Morgan fingerprint density at radius 1 is 1.23 bits per heavy atom. The monoisotopic (exact) mass is 194 g/mol. The van der Waals surface area contributed by atoms with Crippen LogP contribution >= 0.6 is 0 Å². The van der Waals surface area contributed by atoms with E-state index < -0.39 is 36.8 Å². The third-order valence-electron chi connectivity index (χ3n) is 2.17. The molecule has 0 unspecified atom stereocenters. The molecule has 0 radical (unpaired) electrons. The van der Waals surface area contributed by atoms with E-state index in [0.29, 0.717) is 0 Å². The lowest BCUT2D eigenvalue weighted by molar-refractivity contribution is -0.179. The van der Waals surface area contributed by atoms with Crippen molar-refractivity contribution in [1.29, 1.82) is 0 Å². The maximum Gasteiger partial charge on any atom is 0.184 e. The van der Waals surface area contributed by atoms with Crippen molar-refractivity contribution in [3.05, 3.63) is 0 Å². The zero-order valence-electron chi connectivity index (χ0n) is 7.16. The second kappa shape index (κ2) is 3.49. The van der Waals surface area contributed by atoms with Crippen molar-refractivity contribution >= 4 is 0 Å². The van der Waals surface area contributed by atoms with Crippen LogP contribution in [-0.2, 0) is 4.74 Å². The number of aliphatic hydroxyl groups is 5. The normalized spacial score (nSPS) is 44.8. The molecule has 78 valence electrons. The molecule has 0 aliphatic carbocycles. The van der Waals surface area contributed by atoms with Crippen molar-refractivity contribution in [3.63, 3.8) is 0 Å². The predicted molar refractivity (Wildman–Crippen MR) is 40.6 cm³/mol. The van der Waals surface area contributed by atoms with Crippen molar-refractivity contribution in [3.8, 4) is 0 Å². The van der Waals surface area contributed by atoms with Gasteiger partial charge < -0.3 is 30.3 Å². The highest BCUT2D eigenvalue weighted by atomic mass is 16.7. The molecule has 0 aromatic rings. The fourth-order valence-electron chi connectivity index (χ4n) is 1.26. The summed E-state index contributed by atoms with van der Waals surface area (Å²) in [4.78, 5) is 0. The summed E-state index contributed by atoms with van der Waals surface area (Å²) in [5, 5.41) is 45.6. The first-order valence-corrected chi connectivity index (χ1v) is 3.93. The first-order valence-electron chi connectivity index (χ1n) is 3.93. The van der Waals surface area contributed by atoms with Crippen molar-refractivity contribution < 1.29 is 30.3 Å². The van der Waals surface area contributed by atoms with Crippen LogP contribution in [-0.4, -0.2) is 62.3 Å².